The van der Waals surface area contributed by atoms with Crippen molar-refractivity contribution in [2.45, 2.75) is 296 Å². The van der Waals surface area contributed by atoms with E-state index < -0.39 is 5.60 Å². The van der Waals surface area contributed by atoms with Crippen LogP contribution in [0.5, 0.6) is 0 Å². The lowest BCUT2D eigenvalue weighted by molar-refractivity contribution is -0.135. The number of hydrogen-bond acceptors (Lipinski definition) is 17. The van der Waals surface area contributed by atoms with Crippen molar-refractivity contribution in [2.24, 2.45) is 11.8 Å². The SMILES string of the molecule is CC(C)C(=O)N1CCC(N(C)C)CC1.CC(C)CN1CCN(C(C)C)CC1.CC(C)N1CCC(N2CCOCC2)CC1.CC(C)N1CCCCC1.CC(C)N1CCN(C(=O)OC(C)(C)C)CC1.CC(C)N1CCN(C(C)C)CC1.CC(C)N1CCN(C)CC1.CC1CN(C(C)C)CC(C)O1. The van der Waals surface area contributed by atoms with Gasteiger partial charge in [-0.15, -0.1) is 0 Å². The molecule has 0 bridgehead atoms. The lowest BCUT2D eigenvalue weighted by Gasteiger charge is -2.41. The molecule has 9 fully saturated rings. The third-order valence-electron chi connectivity index (χ3n) is 21.6. The Kier molecular flexibility index (Phi) is 47.8. The smallest absolute Gasteiger partial charge is 0.410 e. The molecule has 2 atom stereocenters. The van der Waals surface area contributed by atoms with Gasteiger partial charge in [-0.25, -0.2) is 4.79 Å². The van der Waals surface area contributed by atoms with E-state index in [0.717, 1.165) is 140 Å². The first-order valence-corrected chi connectivity index (χ1v) is 41.1. The summed E-state index contributed by atoms with van der Waals surface area (Å²) in [6.07, 6.45) is 9.82. The predicted octanol–water partition coefficient (Wildman–Crippen LogP) is 11.4. The molecule has 2 unspecified atom stereocenters. The van der Waals surface area contributed by atoms with E-state index in [1.165, 1.54) is 143 Å². The normalized spacial score (nSPS) is 23.7. The quantitative estimate of drug-likeness (QED) is 0.174. The number of piperidine rings is 3. The molecule has 9 saturated heterocycles. The number of piperazine rings is 4. The van der Waals surface area contributed by atoms with Crippen LogP contribution in [0.15, 0.2) is 0 Å². The number of likely N-dealkylation sites (tertiary alicyclic amines) is 3. The van der Waals surface area contributed by atoms with Gasteiger partial charge in [-0.1, -0.05) is 34.1 Å². The topological polar surface area (TPSA) is 107 Å². The fourth-order valence-corrected chi connectivity index (χ4v) is 14.6. The molecule has 0 spiro atoms. The summed E-state index contributed by atoms with van der Waals surface area (Å²) in [4.78, 5) is 57.3. The van der Waals surface area contributed by atoms with Crippen molar-refractivity contribution < 1.29 is 23.8 Å². The Morgan fingerprint density at radius 1 is 0.420 bits per heavy atom. The number of rotatable bonds is 13. The standard InChI is InChI=1S/C12H24N2O2.C12H24N2O.C11H22N2O.C11H24N2.C10H22N2.C9H19NO.C8H18N2.C8H17N/c1-10(2)13-6-8-14(9-7-13)11(15)16-12(3,4)5;1-11(2)13-5-3-12(4-6-13)14-7-9-15-10-8-14;1-9(2)11(14)13-7-5-10(6-8-13)12(3)4;1-10(2)9-12-5-7-13(8-6-12)11(3)4;1-9(2)11-5-7-12(8-6-11)10(3)4;1-7(2)10-5-8(3)11-9(4)6-10;1-8(2)10-6-4-9(3)5-7-10;1-8(2)9-6-4-3-5-7-9/h10H,6-9H2,1-5H3;11-12H,3-10H2,1-2H3;9-10H,5-8H2,1-4H3;10-11H,5-9H2,1-4H3;9-10H,5-8H2,1-4H3;7-9H,5-6H2,1-4H3;8H,4-7H2,1-3H3;8H,3-7H2,1-2H3. The van der Waals surface area contributed by atoms with Gasteiger partial charge in [0.1, 0.15) is 5.60 Å². The van der Waals surface area contributed by atoms with Gasteiger partial charge in [-0.3, -0.25) is 39.1 Å². The van der Waals surface area contributed by atoms with E-state index in [2.05, 4.69) is 218 Å². The Labute approximate surface area is 620 Å². The van der Waals surface area contributed by atoms with E-state index in [9.17, 15) is 9.59 Å². The minimum absolute atomic E-state index is 0.144. The van der Waals surface area contributed by atoms with Crippen LogP contribution in [0.2, 0.25) is 0 Å². The lowest BCUT2D eigenvalue weighted by atomic mass is 10.0. The summed E-state index contributed by atoms with van der Waals surface area (Å²) in [5.41, 5.74) is -0.397. The largest absolute Gasteiger partial charge is 0.444 e. The maximum Gasteiger partial charge on any atom is 0.410 e. The van der Waals surface area contributed by atoms with E-state index in [-0.39, 0.29) is 12.0 Å². The number of nitrogens with zero attached hydrogens (tertiary/aromatic N) is 14. The summed E-state index contributed by atoms with van der Waals surface area (Å²) in [6, 6.07) is 7.08. The summed E-state index contributed by atoms with van der Waals surface area (Å²) in [6.45, 7) is 87.9. The molecular formula is C81H170N14O5. The second-order valence-electron chi connectivity index (χ2n) is 34.8. The predicted molar refractivity (Wildman–Crippen MR) is 428 cm³/mol. The van der Waals surface area contributed by atoms with Crippen LogP contribution in [0.1, 0.15) is 218 Å². The highest BCUT2D eigenvalue weighted by Gasteiger charge is 2.30. The van der Waals surface area contributed by atoms with E-state index in [1.54, 1.807) is 4.90 Å². The summed E-state index contributed by atoms with van der Waals surface area (Å²) >= 11 is 0. The molecule has 19 nitrogen and oxygen atoms in total. The first-order chi connectivity index (χ1) is 46.9. The number of carbonyl (C=O) groups excluding carboxylic acids is 2. The number of ether oxygens (including phenoxy) is 3. The van der Waals surface area contributed by atoms with Crippen LogP contribution in [0, 0.1) is 11.8 Å². The van der Waals surface area contributed by atoms with Gasteiger partial charge >= 0.3 is 6.09 Å². The maximum absolute atomic E-state index is 11.8. The molecule has 2 amide bonds. The Bertz CT molecular complexity index is 1970. The van der Waals surface area contributed by atoms with Gasteiger partial charge in [-0.2, -0.15) is 0 Å². The number of carbonyl (C=O) groups is 2. The summed E-state index contributed by atoms with van der Waals surface area (Å²) in [5.74, 6) is 1.26. The van der Waals surface area contributed by atoms with Crippen molar-refractivity contribution in [2.75, 3.05) is 211 Å². The zero-order valence-electron chi connectivity index (χ0n) is 71.3. The van der Waals surface area contributed by atoms with Crippen molar-refractivity contribution >= 4 is 12.0 Å². The summed E-state index contributed by atoms with van der Waals surface area (Å²) < 4.78 is 16.4. The highest BCUT2D eigenvalue weighted by Crippen LogP contribution is 2.21. The average molecular weight is 1420 g/mol. The van der Waals surface area contributed by atoms with Crippen LogP contribution in [-0.2, 0) is 19.0 Å². The van der Waals surface area contributed by atoms with Crippen molar-refractivity contribution in [3.05, 3.63) is 0 Å². The second-order valence-corrected chi connectivity index (χ2v) is 34.8. The molecule has 19 heteroatoms. The Morgan fingerprint density at radius 2 is 0.770 bits per heavy atom. The van der Waals surface area contributed by atoms with Crippen molar-refractivity contribution in [3.8, 4) is 0 Å². The van der Waals surface area contributed by atoms with E-state index >= 15 is 0 Å². The average Bonchev–Trinajstić information content (AvgIpc) is 0.886. The molecule has 0 aromatic carbocycles. The van der Waals surface area contributed by atoms with Crippen LogP contribution in [0.25, 0.3) is 0 Å². The molecule has 594 valence electrons. The maximum atomic E-state index is 11.8. The molecule has 0 aromatic rings. The molecule has 0 aromatic heterocycles. The fraction of sp³-hybridized carbons (Fsp3) is 0.975. The zero-order valence-corrected chi connectivity index (χ0v) is 71.3. The van der Waals surface area contributed by atoms with Crippen molar-refractivity contribution in [1.82, 2.24) is 68.6 Å². The Balaban J connectivity index is 0.000000391. The van der Waals surface area contributed by atoms with Gasteiger partial charge in [0.2, 0.25) is 5.91 Å². The molecule has 9 aliphatic heterocycles. The summed E-state index contributed by atoms with van der Waals surface area (Å²) in [5, 5.41) is 0. The molecule has 0 saturated carbocycles. The van der Waals surface area contributed by atoms with E-state index in [4.69, 9.17) is 14.2 Å². The van der Waals surface area contributed by atoms with Crippen LogP contribution >= 0.6 is 0 Å². The first-order valence-electron chi connectivity index (χ1n) is 41.1. The second kappa shape index (κ2) is 50.7. The highest BCUT2D eigenvalue weighted by molar-refractivity contribution is 5.78. The minimum atomic E-state index is -0.397. The molecule has 0 N–H and O–H groups in total. The number of amides is 2. The van der Waals surface area contributed by atoms with Gasteiger partial charge in [0.15, 0.2) is 0 Å². The third kappa shape index (κ3) is 40.2. The van der Waals surface area contributed by atoms with Gasteiger partial charge in [0.25, 0.3) is 0 Å². The van der Waals surface area contributed by atoms with Crippen molar-refractivity contribution in [1.29, 1.82) is 0 Å². The molecular weight excluding hydrogens is 1250 g/mol. The number of hydrogen-bond donors (Lipinski definition) is 0. The number of morpholine rings is 2. The Hall–Kier alpha value is -1.82. The van der Waals surface area contributed by atoms with Gasteiger partial charge in [-0.05, 0) is 237 Å². The van der Waals surface area contributed by atoms with Crippen LogP contribution in [0.3, 0.4) is 0 Å². The van der Waals surface area contributed by atoms with Crippen molar-refractivity contribution in [3.63, 3.8) is 0 Å². The van der Waals surface area contributed by atoms with Gasteiger partial charge in [0, 0.05) is 217 Å². The monoisotopic (exact) mass is 1420 g/mol. The summed E-state index contributed by atoms with van der Waals surface area (Å²) in [7, 11) is 6.42. The van der Waals surface area contributed by atoms with Gasteiger partial charge in [0.05, 0.1) is 25.4 Å². The molecule has 100 heavy (non-hydrogen) atoms. The molecule has 0 aliphatic carbocycles. The lowest BCUT2D eigenvalue weighted by Crippen LogP contribution is -2.51. The number of likely N-dealkylation sites (N-methyl/N-ethyl adjacent to an activating group) is 1. The van der Waals surface area contributed by atoms with Crippen LogP contribution in [0.4, 0.5) is 4.79 Å². The third-order valence-corrected chi connectivity index (χ3v) is 21.6. The minimum Gasteiger partial charge on any atom is -0.444 e. The fourth-order valence-electron chi connectivity index (χ4n) is 14.6. The van der Waals surface area contributed by atoms with E-state index in [1.807, 2.05) is 39.5 Å². The Morgan fingerprint density at radius 3 is 1.11 bits per heavy atom. The molecule has 9 rings (SSSR count). The molecule has 0 radical (unpaired) electrons. The van der Waals surface area contributed by atoms with Gasteiger partial charge < -0.3 is 48.5 Å². The van der Waals surface area contributed by atoms with E-state index in [0.29, 0.717) is 36.2 Å². The highest BCUT2D eigenvalue weighted by atomic mass is 16.6. The first kappa shape index (κ1) is 94.3. The van der Waals surface area contributed by atoms with Crippen LogP contribution in [-0.4, -0.2) is 370 Å². The molecule has 9 heterocycles. The van der Waals surface area contributed by atoms with Crippen LogP contribution < -0.4 is 0 Å². The molecule has 9 aliphatic rings. The zero-order chi connectivity index (χ0) is 75.4.